The molecule has 0 unspecified atom stereocenters. The Balaban J connectivity index is 1.97. The number of hydrogen-bond acceptors (Lipinski definition) is 4. The zero-order valence-corrected chi connectivity index (χ0v) is 13.9. The highest BCUT2D eigenvalue weighted by molar-refractivity contribution is 7.99. The number of para-hydroxylation sites is 1. The minimum Gasteiger partial charge on any atom is -0.481 e. The van der Waals surface area contributed by atoms with E-state index in [0.717, 1.165) is 31.0 Å². The first-order valence-corrected chi connectivity index (χ1v) is 8.62. The number of likely N-dealkylation sites (N-methyl/N-ethyl adjacent to an activating group) is 1. The van der Waals surface area contributed by atoms with Crippen molar-refractivity contribution in [1.82, 2.24) is 9.80 Å². The molecule has 1 aromatic rings. The smallest absolute Gasteiger partial charge is 0.260 e. The number of nitrogens with zero attached hydrogens (tertiary/aromatic N) is 2. The lowest BCUT2D eigenvalue weighted by Gasteiger charge is -2.31. The molecule has 1 aromatic carbocycles. The normalized spacial score (nSPS) is 19.1. The molecular weight excluding hydrogens is 303 g/mol. The number of thioether (sulfide) groups is 1. The number of carbonyl (C=O) groups excluding carboxylic acids is 1. The van der Waals surface area contributed by atoms with Gasteiger partial charge < -0.3 is 14.5 Å². The first-order chi connectivity index (χ1) is 10.6. The molecule has 0 bridgehead atoms. The molecule has 6 heteroatoms. The van der Waals surface area contributed by atoms with Crippen LogP contribution in [-0.2, 0) is 4.79 Å². The summed E-state index contributed by atoms with van der Waals surface area (Å²) in [5.41, 5.74) is 0. The van der Waals surface area contributed by atoms with Gasteiger partial charge in [0.1, 0.15) is 0 Å². The fourth-order valence-corrected chi connectivity index (χ4v) is 3.57. The van der Waals surface area contributed by atoms with Crippen molar-refractivity contribution < 1.29 is 13.9 Å². The molecule has 2 rings (SSSR count). The second-order valence-electron chi connectivity index (χ2n) is 5.65. The molecule has 4 nitrogen and oxygen atoms in total. The van der Waals surface area contributed by atoms with Crippen LogP contribution < -0.4 is 4.74 Å². The van der Waals surface area contributed by atoms with Gasteiger partial charge in [-0.25, -0.2) is 4.39 Å². The van der Waals surface area contributed by atoms with Gasteiger partial charge in [-0.2, -0.15) is 11.8 Å². The van der Waals surface area contributed by atoms with Crippen LogP contribution in [0.5, 0.6) is 5.75 Å². The molecule has 0 aliphatic carbocycles. The second kappa shape index (κ2) is 8.39. The van der Waals surface area contributed by atoms with E-state index in [1.807, 2.05) is 30.8 Å². The third kappa shape index (κ3) is 4.88. The van der Waals surface area contributed by atoms with Crippen molar-refractivity contribution in [3.05, 3.63) is 30.1 Å². The predicted molar refractivity (Wildman–Crippen MR) is 87.9 cm³/mol. The molecule has 0 saturated carbocycles. The molecule has 0 N–H and O–H groups in total. The quantitative estimate of drug-likeness (QED) is 0.830. The molecule has 122 valence electrons. The van der Waals surface area contributed by atoms with Crippen LogP contribution >= 0.6 is 11.8 Å². The van der Waals surface area contributed by atoms with E-state index < -0.39 is 5.82 Å². The highest BCUT2D eigenvalue weighted by atomic mass is 32.2. The predicted octanol–water partition coefficient (Wildman–Crippen LogP) is 2.10. The van der Waals surface area contributed by atoms with Crippen molar-refractivity contribution in [3.8, 4) is 5.75 Å². The van der Waals surface area contributed by atoms with Gasteiger partial charge >= 0.3 is 0 Å². The Morgan fingerprint density at radius 1 is 1.45 bits per heavy atom. The van der Waals surface area contributed by atoms with Crippen molar-refractivity contribution in [1.29, 1.82) is 0 Å². The van der Waals surface area contributed by atoms with Gasteiger partial charge in [-0.15, -0.1) is 0 Å². The summed E-state index contributed by atoms with van der Waals surface area (Å²) in [6.45, 7) is 1.46. The molecule has 22 heavy (non-hydrogen) atoms. The molecule has 1 fully saturated rings. The average Bonchev–Trinajstić information content (AvgIpc) is 2.71. The minimum absolute atomic E-state index is 0.0717. The number of amides is 1. The Kier molecular flexibility index (Phi) is 6.51. The molecular formula is C16H23FN2O2S. The van der Waals surface area contributed by atoms with Gasteiger partial charge in [-0.05, 0) is 38.4 Å². The van der Waals surface area contributed by atoms with Crippen LogP contribution in [-0.4, -0.2) is 67.0 Å². The Hall–Kier alpha value is -1.27. The van der Waals surface area contributed by atoms with E-state index in [-0.39, 0.29) is 24.3 Å². The minimum atomic E-state index is -0.438. The summed E-state index contributed by atoms with van der Waals surface area (Å²) in [4.78, 5) is 16.5. The highest BCUT2D eigenvalue weighted by Gasteiger charge is 2.26. The Labute approximate surface area is 135 Å². The lowest BCUT2D eigenvalue weighted by Crippen LogP contribution is -2.48. The Morgan fingerprint density at radius 3 is 2.95 bits per heavy atom. The summed E-state index contributed by atoms with van der Waals surface area (Å²) in [5.74, 6) is 1.62. The summed E-state index contributed by atoms with van der Waals surface area (Å²) in [5, 5.41) is 0. The lowest BCUT2D eigenvalue weighted by atomic mass is 10.2. The molecule has 1 atom stereocenters. The third-order valence-electron chi connectivity index (χ3n) is 3.52. The van der Waals surface area contributed by atoms with Crippen LogP contribution in [0.3, 0.4) is 0 Å². The van der Waals surface area contributed by atoms with Crippen LogP contribution in [0.1, 0.15) is 6.42 Å². The largest absolute Gasteiger partial charge is 0.481 e. The van der Waals surface area contributed by atoms with Gasteiger partial charge in [-0.3, -0.25) is 4.79 Å². The van der Waals surface area contributed by atoms with E-state index in [1.165, 1.54) is 12.1 Å². The number of benzene rings is 1. The zero-order valence-electron chi connectivity index (χ0n) is 13.1. The SMILES string of the molecule is CN(C)C[C@@H]1CSCCCN1C(=O)COc1ccccc1F. The number of halogens is 1. The Morgan fingerprint density at radius 2 is 2.23 bits per heavy atom. The summed E-state index contributed by atoms with van der Waals surface area (Å²) in [6.07, 6.45) is 0.986. The van der Waals surface area contributed by atoms with E-state index in [1.54, 1.807) is 12.1 Å². The number of carbonyl (C=O) groups is 1. The first-order valence-electron chi connectivity index (χ1n) is 7.47. The molecule has 0 radical (unpaired) electrons. The van der Waals surface area contributed by atoms with Crippen molar-refractivity contribution >= 4 is 17.7 Å². The maximum absolute atomic E-state index is 13.5. The van der Waals surface area contributed by atoms with Gasteiger partial charge in [0, 0.05) is 18.8 Å². The van der Waals surface area contributed by atoms with Gasteiger partial charge in [0.2, 0.25) is 0 Å². The standard InChI is InChI=1S/C16H23FN2O2S/c1-18(2)10-13-12-22-9-5-8-19(13)16(20)11-21-15-7-4-3-6-14(15)17/h3-4,6-7,13H,5,8-12H2,1-2H3/t13-/m1/s1. The van der Waals surface area contributed by atoms with Crippen LogP contribution in [0.25, 0.3) is 0 Å². The van der Waals surface area contributed by atoms with Crippen molar-refractivity contribution in [2.24, 2.45) is 0 Å². The van der Waals surface area contributed by atoms with Gasteiger partial charge in [0.05, 0.1) is 6.04 Å². The van der Waals surface area contributed by atoms with E-state index in [0.29, 0.717) is 0 Å². The number of ether oxygens (including phenoxy) is 1. The van der Waals surface area contributed by atoms with E-state index in [4.69, 9.17) is 4.74 Å². The number of hydrogen-bond donors (Lipinski definition) is 0. The van der Waals surface area contributed by atoms with E-state index in [2.05, 4.69) is 4.90 Å². The lowest BCUT2D eigenvalue weighted by molar-refractivity contribution is -0.135. The summed E-state index contributed by atoms with van der Waals surface area (Å²) in [7, 11) is 4.02. The van der Waals surface area contributed by atoms with Gasteiger partial charge in [-0.1, -0.05) is 12.1 Å². The first kappa shape index (κ1) is 17.1. The molecule has 1 amide bonds. The zero-order chi connectivity index (χ0) is 15.9. The van der Waals surface area contributed by atoms with Crippen LogP contribution in [0.4, 0.5) is 4.39 Å². The van der Waals surface area contributed by atoms with Crippen molar-refractivity contribution in [2.75, 3.05) is 45.3 Å². The average molecular weight is 326 g/mol. The van der Waals surface area contributed by atoms with Gasteiger partial charge in [0.15, 0.2) is 18.2 Å². The molecule has 1 aliphatic heterocycles. The van der Waals surface area contributed by atoms with E-state index >= 15 is 0 Å². The fraction of sp³-hybridized carbons (Fsp3) is 0.562. The van der Waals surface area contributed by atoms with Crippen molar-refractivity contribution in [2.45, 2.75) is 12.5 Å². The molecule has 1 saturated heterocycles. The fourth-order valence-electron chi connectivity index (χ4n) is 2.51. The molecule has 1 heterocycles. The summed E-state index contributed by atoms with van der Waals surface area (Å²) in [6, 6.07) is 6.35. The highest BCUT2D eigenvalue weighted by Crippen LogP contribution is 2.19. The maximum atomic E-state index is 13.5. The molecule has 0 aromatic heterocycles. The second-order valence-corrected chi connectivity index (χ2v) is 6.80. The van der Waals surface area contributed by atoms with E-state index in [9.17, 15) is 9.18 Å². The van der Waals surface area contributed by atoms with Crippen molar-refractivity contribution in [3.63, 3.8) is 0 Å². The third-order valence-corrected chi connectivity index (χ3v) is 4.72. The van der Waals surface area contributed by atoms with Gasteiger partial charge in [0.25, 0.3) is 5.91 Å². The topological polar surface area (TPSA) is 32.8 Å². The Bertz CT molecular complexity index is 499. The molecule has 1 aliphatic rings. The monoisotopic (exact) mass is 326 g/mol. The number of rotatable bonds is 5. The summed E-state index contributed by atoms with van der Waals surface area (Å²) < 4.78 is 18.9. The van der Waals surface area contributed by atoms with Crippen LogP contribution in [0, 0.1) is 5.82 Å². The van der Waals surface area contributed by atoms with Crippen LogP contribution in [0.2, 0.25) is 0 Å². The van der Waals surface area contributed by atoms with Crippen LogP contribution in [0.15, 0.2) is 24.3 Å². The maximum Gasteiger partial charge on any atom is 0.260 e. The summed E-state index contributed by atoms with van der Waals surface area (Å²) >= 11 is 1.88. The molecule has 0 spiro atoms.